The zero-order chi connectivity index (χ0) is 24.8. The molecule has 0 bridgehead atoms. The smallest absolute Gasteiger partial charge is 0.234 e. The first kappa shape index (κ1) is 25.2. The van der Waals surface area contributed by atoms with E-state index in [1.807, 2.05) is 85.2 Å². The number of carbonyl (C=O) groups is 1. The highest BCUT2D eigenvalue weighted by atomic mass is 16.2. The van der Waals surface area contributed by atoms with E-state index in [0.29, 0.717) is 45.8 Å². The molecule has 0 spiro atoms. The number of nitrogens with zero attached hydrogens (tertiary/aromatic N) is 4. The van der Waals surface area contributed by atoms with Gasteiger partial charge in [-0.15, -0.1) is 0 Å². The first-order valence-corrected chi connectivity index (χ1v) is 12.3. The van der Waals surface area contributed by atoms with E-state index in [1.54, 1.807) is 0 Å². The molecule has 4 rings (SSSR count). The Morgan fingerprint density at radius 3 is 1.58 bits per heavy atom. The van der Waals surface area contributed by atoms with Crippen molar-refractivity contribution in [2.24, 2.45) is 0 Å². The third-order valence-electron chi connectivity index (χ3n) is 5.84. The van der Waals surface area contributed by atoms with Gasteiger partial charge in [0, 0.05) is 51.7 Å². The molecule has 0 atom stereocenters. The molecule has 1 amide bonds. The van der Waals surface area contributed by atoms with E-state index in [9.17, 15) is 4.79 Å². The lowest BCUT2D eigenvalue weighted by atomic mass is 10.1. The SMILES string of the molecule is O=C(CN(Cc1ccccc1)Cc1ccccc1)NCCN(Cc1ccccn1)Cc1ccccn1. The molecule has 0 aliphatic rings. The highest BCUT2D eigenvalue weighted by Gasteiger charge is 2.14. The molecule has 6 heteroatoms. The van der Waals surface area contributed by atoms with Crippen molar-refractivity contribution in [3.05, 3.63) is 132 Å². The number of carbonyl (C=O) groups excluding carboxylic acids is 1. The fourth-order valence-corrected chi connectivity index (χ4v) is 4.12. The highest BCUT2D eigenvalue weighted by Crippen LogP contribution is 2.10. The first-order chi connectivity index (χ1) is 17.7. The molecular weight excluding hydrogens is 446 g/mol. The average molecular weight is 480 g/mol. The molecule has 0 unspecified atom stereocenters. The van der Waals surface area contributed by atoms with Crippen LogP contribution >= 0.6 is 0 Å². The van der Waals surface area contributed by atoms with Crippen LogP contribution in [0.1, 0.15) is 22.5 Å². The number of benzene rings is 2. The van der Waals surface area contributed by atoms with Crippen LogP contribution in [0.3, 0.4) is 0 Å². The number of hydrogen-bond donors (Lipinski definition) is 1. The van der Waals surface area contributed by atoms with Crippen LogP contribution in [-0.2, 0) is 31.0 Å². The van der Waals surface area contributed by atoms with Crippen molar-refractivity contribution in [3.8, 4) is 0 Å². The fraction of sp³-hybridized carbons (Fsp3) is 0.233. The van der Waals surface area contributed by atoms with Gasteiger partial charge in [-0.2, -0.15) is 0 Å². The van der Waals surface area contributed by atoms with Gasteiger partial charge in [0.25, 0.3) is 0 Å². The van der Waals surface area contributed by atoms with Gasteiger partial charge < -0.3 is 5.32 Å². The standard InChI is InChI=1S/C30H33N5O/c36-30(25-35(21-26-11-3-1-4-12-26)22-27-13-5-2-6-14-27)33-19-20-34(23-28-15-7-9-17-31-28)24-29-16-8-10-18-32-29/h1-18H,19-25H2,(H,33,36). The zero-order valence-electron chi connectivity index (χ0n) is 20.5. The number of rotatable bonds is 13. The number of pyridine rings is 2. The maximum absolute atomic E-state index is 12.9. The minimum Gasteiger partial charge on any atom is -0.354 e. The lowest BCUT2D eigenvalue weighted by Crippen LogP contribution is -2.40. The van der Waals surface area contributed by atoms with Crippen LogP contribution in [0.4, 0.5) is 0 Å². The fourth-order valence-electron chi connectivity index (χ4n) is 4.12. The summed E-state index contributed by atoms with van der Waals surface area (Å²) in [5.41, 5.74) is 4.38. The molecule has 0 aliphatic carbocycles. The van der Waals surface area contributed by atoms with Gasteiger partial charge >= 0.3 is 0 Å². The molecular formula is C30H33N5O. The van der Waals surface area contributed by atoms with E-state index in [2.05, 4.69) is 49.4 Å². The summed E-state index contributed by atoms with van der Waals surface area (Å²) in [6.07, 6.45) is 3.62. The predicted octanol–water partition coefficient (Wildman–Crippen LogP) is 4.30. The van der Waals surface area contributed by atoms with E-state index in [4.69, 9.17) is 0 Å². The number of amides is 1. The number of nitrogens with one attached hydrogen (secondary N) is 1. The summed E-state index contributed by atoms with van der Waals surface area (Å²) in [6.45, 7) is 4.43. The molecule has 4 aromatic rings. The quantitative estimate of drug-likeness (QED) is 0.310. The van der Waals surface area contributed by atoms with Crippen molar-refractivity contribution in [2.45, 2.75) is 26.2 Å². The first-order valence-electron chi connectivity index (χ1n) is 12.3. The third-order valence-corrected chi connectivity index (χ3v) is 5.84. The van der Waals surface area contributed by atoms with Crippen molar-refractivity contribution in [1.29, 1.82) is 0 Å². The molecule has 2 heterocycles. The van der Waals surface area contributed by atoms with E-state index in [0.717, 1.165) is 11.4 Å². The summed E-state index contributed by atoms with van der Waals surface area (Å²) < 4.78 is 0. The second-order valence-corrected chi connectivity index (χ2v) is 8.82. The molecule has 184 valence electrons. The van der Waals surface area contributed by atoms with Crippen LogP contribution in [0, 0.1) is 0 Å². The summed E-state index contributed by atoms with van der Waals surface area (Å²) in [5.74, 6) is 0.0254. The van der Waals surface area contributed by atoms with Gasteiger partial charge in [0.1, 0.15) is 0 Å². The highest BCUT2D eigenvalue weighted by molar-refractivity contribution is 5.78. The normalized spacial score (nSPS) is 11.1. The second-order valence-electron chi connectivity index (χ2n) is 8.82. The zero-order valence-corrected chi connectivity index (χ0v) is 20.5. The van der Waals surface area contributed by atoms with Crippen molar-refractivity contribution < 1.29 is 4.79 Å². The van der Waals surface area contributed by atoms with Gasteiger partial charge in [-0.05, 0) is 35.4 Å². The lowest BCUT2D eigenvalue weighted by molar-refractivity contribution is -0.122. The maximum atomic E-state index is 12.9. The maximum Gasteiger partial charge on any atom is 0.234 e. The Morgan fingerprint density at radius 1 is 0.611 bits per heavy atom. The Bertz CT molecular complexity index is 1070. The average Bonchev–Trinajstić information content (AvgIpc) is 2.91. The van der Waals surface area contributed by atoms with Crippen molar-refractivity contribution >= 4 is 5.91 Å². The van der Waals surface area contributed by atoms with E-state index in [1.165, 1.54) is 11.1 Å². The van der Waals surface area contributed by atoms with Gasteiger partial charge in [0.15, 0.2) is 0 Å². The molecule has 0 aliphatic heterocycles. The Kier molecular flexibility index (Phi) is 9.72. The van der Waals surface area contributed by atoms with Crippen LogP contribution in [-0.4, -0.2) is 45.3 Å². The number of aromatic nitrogens is 2. The van der Waals surface area contributed by atoms with E-state index in [-0.39, 0.29) is 5.91 Å². The van der Waals surface area contributed by atoms with Gasteiger partial charge in [0.05, 0.1) is 17.9 Å². The van der Waals surface area contributed by atoms with Crippen molar-refractivity contribution in [3.63, 3.8) is 0 Å². The summed E-state index contributed by atoms with van der Waals surface area (Å²) in [6, 6.07) is 32.5. The van der Waals surface area contributed by atoms with Gasteiger partial charge in [-0.3, -0.25) is 24.6 Å². The van der Waals surface area contributed by atoms with Crippen molar-refractivity contribution in [1.82, 2.24) is 25.1 Å². The van der Waals surface area contributed by atoms with E-state index < -0.39 is 0 Å². The Hall–Kier alpha value is -3.87. The molecule has 0 saturated carbocycles. The lowest BCUT2D eigenvalue weighted by Gasteiger charge is -2.24. The molecule has 2 aromatic carbocycles. The largest absolute Gasteiger partial charge is 0.354 e. The van der Waals surface area contributed by atoms with Crippen LogP contribution in [0.5, 0.6) is 0 Å². The van der Waals surface area contributed by atoms with Gasteiger partial charge in [-0.25, -0.2) is 0 Å². The van der Waals surface area contributed by atoms with Crippen LogP contribution in [0.15, 0.2) is 109 Å². The minimum absolute atomic E-state index is 0.0254. The molecule has 6 nitrogen and oxygen atoms in total. The summed E-state index contributed by atoms with van der Waals surface area (Å²) in [4.78, 5) is 26.3. The minimum atomic E-state index is 0.0254. The molecule has 2 aromatic heterocycles. The van der Waals surface area contributed by atoms with Crippen LogP contribution in [0.25, 0.3) is 0 Å². The van der Waals surface area contributed by atoms with Gasteiger partial charge in [0.2, 0.25) is 5.91 Å². The molecule has 0 radical (unpaired) electrons. The van der Waals surface area contributed by atoms with E-state index >= 15 is 0 Å². The summed E-state index contributed by atoms with van der Waals surface area (Å²) in [7, 11) is 0. The molecule has 36 heavy (non-hydrogen) atoms. The number of hydrogen-bond acceptors (Lipinski definition) is 5. The van der Waals surface area contributed by atoms with Crippen molar-refractivity contribution in [2.75, 3.05) is 19.6 Å². The second kappa shape index (κ2) is 13.9. The summed E-state index contributed by atoms with van der Waals surface area (Å²) >= 11 is 0. The monoisotopic (exact) mass is 479 g/mol. The Morgan fingerprint density at radius 2 is 1.11 bits per heavy atom. The Labute approximate surface area is 213 Å². The van der Waals surface area contributed by atoms with Gasteiger partial charge in [-0.1, -0.05) is 72.8 Å². The third kappa shape index (κ3) is 8.73. The molecule has 1 N–H and O–H groups in total. The van der Waals surface area contributed by atoms with Crippen LogP contribution in [0.2, 0.25) is 0 Å². The summed E-state index contributed by atoms with van der Waals surface area (Å²) in [5, 5.41) is 3.12. The van der Waals surface area contributed by atoms with Crippen LogP contribution < -0.4 is 5.32 Å². The predicted molar refractivity (Wildman–Crippen MR) is 143 cm³/mol. The Balaban J connectivity index is 1.33. The molecule has 0 saturated heterocycles. The molecule has 0 fully saturated rings. The topological polar surface area (TPSA) is 61.4 Å².